The van der Waals surface area contributed by atoms with Gasteiger partial charge in [0.2, 0.25) is 0 Å². The van der Waals surface area contributed by atoms with Gasteiger partial charge in [-0.2, -0.15) is 0 Å². The lowest BCUT2D eigenvalue weighted by Crippen LogP contribution is -2.69. The molecule has 3 fully saturated rings. The molecule has 1 N–H and O–H groups in total. The van der Waals surface area contributed by atoms with Gasteiger partial charge >= 0.3 is 0 Å². The normalized spacial score (nSPS) is 26.3. The highest BCUT2D eigenvalue weighted by molar-refractivity contribution is 7.20. The zero-order valence-corrected chi connectivity index (χ0v) is 17.2. The van der Waals surface area contributed by atoms with Gasteiger partial charge in [0.15, 0.2) is 0 Å². The minimum atomic E-state index is 0. The summed E-state index contributed by atoms with van der Waals surface area (Å²) in [5.41, 5.74) is 0.0373. The predicted molar refractivity (Wildman–Crippen MR) is 110 cm³/mol. The average Bonchev–Trinajstić information content (AvgIpc) is 3.02. The number of hydrogen-bond donors (Lipinski definition) is 1. The summed E-state index contributed by atoms with van der Waals surface area (Å²) in [6.45, 7) is 9.48. The number of nitrogens with one attached hydrogen (secondary N) is 1. The van der Waals surface area contributed by atoms with E-state index in [1.807, 2.05) is 31.2 Å². The largest absolute Gasteiger partial charge is 0.494 e. The monoisotopic (exact) mass is 394 g/mol. The third-order valence-electron chi connectivity index (χ3n) is 5.90. The van der Waals surface area contributed by atoms with E-state index < -0.39 is 0 Å². The molecule has 1 aromatic carbocycles. The number of amides is 1. The van der Waals surface area contributed by atoms with E-state index >= 15 is 0 Å². The molecule has 0 unspecified atom stereocenters. The van der Waals surface area contributed by atoms with Crippen LogP contribution in [0.1, 0.15) is 43.3 Å². The van der Waals surface area contributed by atoms with Crippen molar-refractivity contribution in [3.05, 3.63) is 29.1 Å². The van der Waals surface area contributed by atoms with Crippen LogP contribution >= 0.6 is 23.7 Å². The van der Waals surface area contributed by atoms with E-state index in [1.165, 1.54) is 12.8 Å². The van der Waals surface area contributed by atoms with Crippen LogP contribution in [-0.2, 0) is 0 Å². The van der Waals surface area contributed by atoms with E-state index in [4.69, 9.17) is 4.74 Å². The quantitative estimate of drug-likeness (QED) is 0.839. The standard InChI is InChI=1S/C20H26N2O2S.ClH/c1-4-24-15-6-5-14-11-17(25-16(14)12-15)19(23)21-18-13-7-9-22(10-8-13)20(18,2)3;/h5-6,11-13,18H,4,7-10H2,1-3H3,(H,21,23);1H/t18-;/m1./s1. The van der Waals surface area contributed by atoms with E-state index in [0.717, 1.165) is 33.8 Å². The van der Waals surface area contributed by atoms with E-state index in [0.29, 0.717) is 12.5 Å². The maximum atomic E-state index is 12.9. The van der Waals surface area contributed by atoms with Crippen molar-refractivity contribution in [2.24, 2.45) is 5.92 Å². The Kier molecular flexibility index (Phi) is 5.52. The summed E-state index contributed by atoms with van der Waals surface area (Å²) in [4.78, 5) is 16.2. The first kappa shape index (κ1) is 19.5. The highest BCUT2D eigenvalue weighted by Crippen LogP contribution is 2.39. The summed E-state index contributed by atoms with van der Waals surface area (Å²) in [6, 6.07) is 8.26. The molecule has 0 aliphatic carbocycles. The molecule has 3 aliphatic heterocycles. The Balaban J connectivity index is 0.00000196. The lowest BCUT2D eigenvalue weighted by atomic mass is 9.72. The zero-order valence-electron chi connectivity index (χ0n) is 15.6. The smallest absolute Gasteiger partial charge is 0.261 e. The second kappa shape index (κ2) is 7.37. The van der Waals surface area contributed by atoms with Crippen molar-refractivity contribution >= 4 is 39.7 Å². The molecule has 0 spiro atoms. The number of hydrogen-bond acceptors (Lipinski definition) is 4. The van der Waals surface area contributed by atoms with Gasteiger partial charge in [0.25, 0.3) is 5.91 Å². The van der Waals surface area contributed by atoms with Crippen LogP contribution in [0.3, 0.4) is 0 Å². The summed E-state index contributed by atoms with van der Waals surface area (Å²) < 4.78 is 6.67. The molecular weight excluding hydrogens is 368 g/mol. The van der Waals surface area contributed by atoms with Crippen molar-refractivity contribution in [2.45, 2.75) is 45.2 Å². The maximum Gasteiger partial charge on any atom is 0.261 e. The molecule has 26 heavy (non-hydrogen) atoms. The average molecular weight is 395 g/mol. The molecular formula is C20H27ClN2O2S. The van der Waals surface area contributed by atoms with Crippen LogP contribution in [0.25, 0.3) is 10.1 Å². The topological polar surface area (TPSA) is 41.6 Å². The van der Waals surface area contributed by atoms with Crippen LogP contribution in [-0.4, -0.2) is 42.1 Å². The highest BCUT2D eigenvalue weighted by atomic mass is 35.5. The van der Waals surface area contributed by atoms with Gasteiger partial charge in [0.05, 0.1) is 11.5 Å². The van der Waals surface area contributed by atoms with Gasteiger partial charge in [-0.3, -0.25) is 9.69 Å². The van der Waals surface area contributed by atoms with Gasteiger partial charge in [-0.05, 0) is 82.3 Å². The number of piperidine rings is 3. The van der Waals surface area contributed by atoms with Crippen molar-refractivity contribution in [3.63, 3.8) is 0 Å². The number of ether oxygens (including phenoxy) is 1. The van der Waals surface area contributed by atoms with E-state index in [9.17, 15) is 4.79 Å². The zero-order chi connectivity index (χ0) is 17.6. The summed E-state index contributed by atoms with van der Waals surface area (Å²) in [5, 5.41) is 4.46. The summed E-state index contributed by atoms with van der Waals surface area (Å²) in [5.74, 6) is 1.52. The van der Waals surface area contributed by atoms with E-state index in [2.05, 4.69) is 24.1 Å². The molecule has 4 nitrogen and oxygen atoms in total. The Hall–Kier alpha value is -1.30. The fraction of sp³-hybridized carbons (Fsp3) is 0.550. The van der Waals surface area contributed by atoms with Crippen LogP contribution in [0.4, 0.5) is 0 Å². The van der Waals surface area contributed by atoms with Crippen LogP contribution in [0.2, 0.25) is 0 Å². The van der Waals surface area contributed by atoms with Crippen LogP contribution in [0.5, 0.6) is 5.75 Å². The summed E-state index contributed by atoms with van der Waals surface area (Å²) in [7, 11) is 0. The minimum Gasteiger partial charge on any atom is -0.494 e. The van der Waals surface area contributed by atoms with Gasteiger partial charge in [0, 0.05) is 16.3 Å². The van der Waals surface area contributed by atoms with E-state index in [1.54, 1.807) is 11.3 Å². The van der Waals surface area contributed by atoms with Crippen molar-refractivity contribution in [3.8, 4) is 5.75 Å². The highest BCUT2D eigenvalue weighted by Gasteiger charge is 2.48. The Bertz CT molecular complexity index is 796. The Morgan fingerprint density at radius 2 is 2.04 bits per heavy atom. The molecule has 2 aromatic rings. The molecule has 6 heteroatoms. The maximum absolute atomic E-state index is 12.9. The molecule has 3 saturated heterocycles. The molecule has 5 rings (SSSR count). The molecule has 1 atom stereocenters. The van der Waals surface area contributed by atoms with Gasteiger partial charge in [-0.1, -0.05) is 0 Å². The van der Waals surface area contributed by atoms with Crippen LogP contribution in [0.15, 0.2) is 24.3 Å². The summed E-state index contributed by atoms with van der Waals surface area (Å²) >= 11 is 1.55. The number of halogens is 1. The first-order chi connectivity index (χ1) is 12.0. The third-order valence-corrected chi connectivity index (χ3v) is 7.00. The number of carbonyl (C=O) groups is 1. The molecule has 3 aliphatic rings. The van der Waals surface area contributed by atoms with Crippen LogP contribution < -0.4 is 10.1 Å². The van der Waals surface area contributed by atoms with Crippen molar-refractivity contribution < 1.29 is 9.53 Å². The van der Waals surface area contributed by atoms with Crippen molar-refractivity contribution in [1.29, 1.82) is 0 Å². The second-order valence-corrected chi connectivity index (χ2v) is 8.76. The molecule has 2 bridgehead atoms. The first-order valence-corrected chi connectivity index (χ1v) is 10.0. The second-order valence-electron chi connectivity index (χ2n) is 7.67. The molecule has 142 valence electrons. The third kappa shape index (κ3) is 3.32. The predicted octanol–water partition coefficient (Wildman–Crippen LogP) is 4.32. The lowest BCUT2D eigenvalue weighted by Gasteiger charge is -2.56. The minimum absolute atomic E-state index is 0. The van der Waals surface area contributed by atoms with Gasteiger partial charge in [0.1, 0.15) is 5.75 Å². The number of thiophene rings is 1. The Labute approximate surface area is 165 Å². The first-order valence-electron chi connectivity index (χ1n) is 9.21. The lowest BCUT2D eigenvalue weighted by molar-refractivity contribution is -0.0377. The number of nitrogens with zero attached hydrogens (tertiary/aromatic N) is 1. The number of rotatable bonds is 4. The number of fused-ring (bicyclic) bond motifs is 4. The molecule has 1 aromatic heterocycles. The SMILES string of the molecule is CCOc1ccc2cc(C(=O)N[C@@H]3C4CCN(CC4)C3(C)C)sc2c1.Cl. The summed E-state index contributed by atoms with van der Waals surface area (Å²) in [6.07, 6.45) is 2.39. The number of carbonyl (C=O) groups excluding carboxylic acids is 1. The van der Waals surface area contributed by atoms with Crippen molar-refractivity contribution in [2.75, 3.05) is 19.7 Å². The van der Waals surface area contributed by atoms with Gasteiger partial charge in [-0.25, -0.2) is 0 Å². The molecule has 1 amide bonds. The molecule has 0 saturated carbocycles. The fourth-order valence-corrected chi connectivity index (χ4v) is 5.46. The van der Waals surface area contributed by atoms with Gasteiger partial charge < -0.3 is 10.1 Å². The number of benzene rings is 1. The van der Waals surface area contributed by atoms with Crippen molar-refractivity contribution in [1.82, 2.24) is 10.2 Å². The molecule has 4 heterocycles. The van der Waals surface area contributed by atoms with Crippen LogP contribution in [0, 0.1) is 5.92 Å². The Morgan fingerprint density at radius 3 is 2.69 bits per heavy atom. The fourth-order valence-electron chi connectivity index (χ4n) is 4.47. The van der Waals surface area contributed by atoms with Gasteiger partial charge in [-0.15, -0.1) is 23.7 Å². The van der Waals surface area contributed by atoms with E-state index in [-0.39, 0.29) is 29.9 Å². The Morgan fingerprint density at radius 1 is 1.31 bits per heavy atom. The molecule has 0 radical (unpaired) electrons.